The number of carbonyl (C=O) groups is 2. The SMILES string of the molecule is CC(C)c1nnc(NC(=O)[C@@H]2CCCN2C(=O)c2cc(Cl)cc(Cl)c2)s1. The molecule has 0 saturated carbocycles. The Balaban J connectivity index is 1.74. The van der Waals surface area contributed by atoms with Gasteiger partial charge in [0.2, 0.25) is 11.0 Å². The molecule has 1 aromatic heterocycles. The molecule has 1 atom stereocenters. The molecule has 3 rings (SSSR count). The van der Waals surface area contributed by atoms with Crippen molar-refractivity contribution in [3.05, 3.63) is 38.8 Å². The van der Waals surface area contributed by atoms with Gasteiger partial charge in [0.05, 0.1) is 0 Å². The number of aromatic nitrogens is 2. The number of benzene rings is 1. The highest BCUT2D eigenvalue weighted by Crippen LogP contribution is 2.27. The predicted molar refractivity (Wildman–Crippen MR) is 103 cm³/mol. The molecule has 2 heterocycles. The monoisotopic (exact) mass is 412 g/mol. The first kappa shape index (κ1) is 19.1. The lowest BCUT2D eigenvalue weighted by molar-refractivity contribution is -0.119. The van der Waals surface area contributed by atoms with Crippen molar-refractivity contribution in [3.8, 4) is 0 Å². The molecule has 6 nitrogen and oxygen atoms in total. The summed E-state index contributed by atoms with van der Waals surface area (Å²) in [5.74, 6) is -0.266. The zero-order chi connectivity index (χ0) is 18.8. The van der Waals surface area contributed by atoms with Crippen LogP contribution in [0.1, 0.15) is 48.0 Å². The maximum atomic E-state index is 12.8. The zero-order valence-corrected chi connectivity index (χ0v) is 16.7. The van der Waals surface area contributed by atoms with E-state index >= 15 is 0 Å². The molecule has 0 radical (unpaired) electrons. The number of likely N-dealkylation sites (tertiary alicyclic amines) is 1. The maximum Gasteiger partial charge on any atom is 0.254 e. The molecular formula is C17H18Cl2N4O2S. The van der Waals surface area contributed by atoms with Gasteiger partial charge in [-0.15, -0.1) is 10.2 Å². The second-order valence-corrected chi connectivity index (χ2v) is 8.29. The van der Waals surface area contributed by atoms with Crippen molar-refractivity contribution in [1.29, 1.82) is 0 Å². The fourth-order valence-corrected chi connectivity index (χ4v) is 4.11. The molecule has 1 aliphatic heterocycles. The number of nitrogens with zero attached hydrogens (tertiary/aromatic N) is 3. The minimum absolute atomic E-state index is 0.246. The average molecular weight is 413 g/mol. The Bertz CT molecular complexity index is 820. The molecular weight excluding hydrogens is 395 g/mol. The van der Waals surface area contributed by atoms with Crippen molar-refractivity contribution in [2.24, 2.45) is 0 Å². The van der Waals surface area contributed by atoms with E-state index in [2.05, 4.69) is 15.5 Å². The summed E-state index contributed by atoms with van der Waals surface area (Å²) in [5, 5.41) is 12.9. The highest BCUT2D eigenvalue weighted by molar-refractivity contribution is 7.15. The van der Waals surface area contributed by atoms with Crippen LogP contribution >= 0.6 is 34.5 Å². The topological polar surface area (TPSA) is 75.2 Å². The number of hydrogen-bond acceptors (Lipinski definition) is 5. The molecule has 1 N–H and O–H groups in total. The van der Waals surface area contributed by atoms with E-state index in [0.29, 0.717) is 33.7 Å². The van der Waals surface area contributed by atoms with Crippen molar-refractivity contribution in [1.82, 2.24) is 15.1 Å². The second-order valence-electron chi connectivity index (χ2n) is 6.40. The first-order chi connectivity index (χ1) is 12.3. The second kappa shape index (κ2) is 7.90. The Morgan fingerprint density at radius 2 is 1.92 bits per heavy atom. The predicted octanol–water partition coefficient (Wildman–Crippen LogP) is 4.21. The molecule has 0 bridgehead atoms. The van der Waals surface area contributed by atoms with Gasteiger partial charge in [-0.2, -0.15) is 0 Å². The highest BCUT2D eigenvalue weighted by atomic mass is 35.5. The van der Waals surface area contributed by atoms with E-state index in [-0.39, 0.29) is 17.7 Å². The van der Waals surface area contributed by atoms with E-state index in [4.69, 9.17) is 23.2 Å². The fourth-order valence-electron chi connectivity index (χ4n) is 2.83. The molecule has 1 aliphatic rings. The summed E-state index contributed by atoms with van der Waals surface area (Å²) in [6.07, 6.45) is 1.35. The summed E-state index contributed by atoms with van der Waals surface area (Å²) in [4.78, 5) is 27.0. The third kappa shape index (κ3) is 4.16. The van der Waals surface area contributed by atoms with Gasteiger partial charge in [-0.3, -0.25) is 14.9 Å². The standard InChI is InChI=1S/C17H18Cl2N4O2S/c1-9(2)15-21-22-17(26-15)20-14(24)13-4-3-5-23(13)16(25)10-6-11(18)8-12(19)7-10/h6-9,13H,3-5H2,1-2H3,(H,20,22,24)/t13-/m0/s1. The van der Waals surface area contributed by atoms with Gasteiger partial charge in [0, 0.05) is 28.1 Å². The van der Waals surface area contributed by atoms with Crippen molar-refractivity contribution in [2.45, 2.75) is 38.6 Å². The van der Waals surface area contributed by atoms with Gasteiger partial charge >= 0.3 is 0 Å². The summed E-state index contributed by atoms with van der Waals surface area (Å²) in [7, 11) is 0. The van der Waals surface area contributed by atoms with Gasteiger partial charge in [-0.25, -0.2) is 0 Å². The van der Waals surface area contributed by atoms with Gasteiger partial charge in [-0.1, -0.05) is 48.4 Å². The molecule has 0 unspecified atom stereocenters. The lowest BCUT2D eigenvalue weighted by atomic mass is 10.1. The normalized spacial score (nSPS) is 17.0. The Kier molecular flexibility index (Phi) is 5.79. The van der Waals surface area contributed by atoms with E-state index in [0.717, 1.165) is 11.4 Å². The van der Waals surface area contributed by atoms with Crippen LogP contribution in [-0.4, -0.2) is 39.5 Å². The molecule has 138 valence electrons. The van der Waals surface area contributed by atoms with Crippen LogP contribution in [0.25, 0.3) is 0 Å². The number of nitrogens with one attached hydrogen (secondary N) is 1. The van der Waals surface area contributed by atoms with Crippen LogP contribution < -0.4 is 5.32 Å². The minimum atomic E-state index is -0.549. The summed E-state index contributed by atoms with van der Waals surface area (Å²) in [6, 6.07) is 4.13. The van der Waals surface area contributed by atoms with Crippen LogP contribution in [0, 0.1) is 0 Å². The molecule has 0 spiro atoms. The van der Waals surface area contributed by atoms with Crippen LogP contribution in [0.4, 0.5) is 5.13 Å². The van der Waals surface area contributed by atoms with E-state index < -0.39 is 6.04 Å². The average Bonchev–Trinajstić information content (AvgIpc) is 3.22. The molecule has 9 heteroatoms. The van der Waals surface area contributed by atoms with Crippen molar-refractivity contribution in [3.63, 3.8) is 0 Å². The fraction of sp³-hybridized carbons (Fsp3) is 0.412. The number of rotatable bonds is 4. The molecule has 2 amide bonds. The molecule has 0 aliphatic carbocycles. The van der Waals surface area contributed by atoms with Crippen LogP contribution in [0.2, 0.25) is 10.0 Å². The van der Waals surface area contributed by atoms with Gasteiger partial charge in [-0.05, 0) is 31.0 Å². The molecule has 26 heavy (non-hydrogen) atoms. The smallest absolute Gasteiger partial charge is 0.254 e. The number of halogens is 2. The zero-order valence-electron chi connectivity index (χ0n) is 14.3. The first-order valence-corrected chi connectivity index (χ1v) is 9.83. The number of carbonyl (C=O) groups excluding carboxylic acids is 2. The largest absolute Gasteiger partial charge is 0.327 e. The lowest BCUT2D eigenvalue weighted by Gasteiger charge is -2.23. The number of amides is 2. The van der Waals surface area contributed by atoms with E-state index in [9.17, 15) is 9.59 Å². The third-order valence-corrected chi connectivity index (χ3v) is 5.67. The molecule has 1 saturated heterocycles. The Morgan fingerprint density at radius 3 is 2.54 bits per heavy atom. The highest BCUT2D eigenvalue weighted by Gasteiger charge is 2.35. The third-order valence-electron chi connectivity index (χ3n) is 4.09. The quantitative estimate of drug-likeness (QED) is 0.815. The van der Waals surface area contributed by atoms with Crippen LogP contribution in [0.3, 0.4) is 0 Å². The van der Waals surface area contributed by atoms with Gasteiger partial charge in [0.25, 0.3) is 5.91 Å². The Morgan fingerprint density at radius 1 is 1.23 bits per heavy atom. The van der Waals surface area contributed by atoms with Crippen LogP contribution in [0.5, 0.6) is 0 Å². The Labute approximate surface area is 165 Å². The summed E-state index contributed by atoms with van der Waals surface area (Å²) in [6.45, 7) is 4.54. The number of hydrogen-bond donors (Lipinski definition) is 1. The summed E-state index contributed by atoms with van der Waals surface area (Å²) >= 11 is 13.3. The summed E-state index contributed by atoms with van der Waals surface area (Å²) in [5.41, 5.74) is 0.375. The van der Waals surface area contributed by atoms with Gasteiger partial charge in [0.1, 0.15) is 11.0 Å². The Hall–Kier alpha value is -1.70. The lowest BCUT2D eigenvalue weighted by Crippen LogP contribution is -2.43. The van der Waals surface area contributed by atoms with E-state index in [1.54, 1.807) is 23.1 Å². The van der Waals surface area contributed by atoms with Crippen LogP contribution in [0.15, 0.2) is 18.2 Å². The maximum absolute atomic E-state index is 12.8. The van der Waals surface area contributed by atoms with Crippen molar-refractivity contribution in [2.75, 3.05) is 11.9 Å². The summed E-state index contributed by atoms with van der Waals surface area (Å²) < 4.78 is 0. The van der Waals surface area contributed by atoms with Crippen molar-refractivity contribution >= 4 is 51.5 Å². The first-order valence-electron chi connectivity index (χ1n) is 8.26. The molecule has 1 fully saturated rings. The number of anilines is 1. The van der Waals surface area contributed by atoms with E-state index in [1.807, 2.05) is 13.8 Å². The van der Waals surface area contributed by atoms with E-state index in [1.165, 1.54) is 11.3 Å². The molecule has 1 aromatic carbocycles. The minimum Gasteiger partial charge on any atom is -0.327 e. The van der Waals surface area contributed by atoms with Gasteiger partial charge < -0.3 is 4.90 Å². The van der Waals surface area contributed by atoms with Crippen molar-refractivity contribution < 1.29 is 9.59 Å². The van der Waals surface area contributed by atoms with Crippen LogP contribution in [-0.2, 0) is 4.79 Å². The molecule has 2 aromatic rings. The van der Waals surface area contributed by atoms with Gasteiger partial charge in [0.15, 0.2) is 0 Å².